The summed E-state index contributed by atoms with van der Waals surface area (Å²) in [6, 6.07) is 7.96. The molecule has 1 heterocycles. The zero-order valence-electron chi connectivity index (χ0n) is 10.9. The van der Waals surface area contributed by atoms with Crippen LogP contribution >= 0.6 is 22.9 Å². The molecule has 3 rings (SSSR count). The molecule has 19 heavy (non-hydrogen) atoms. The van der Waals surface area contributed by atoms with Crippen molar-refractivity contribution < 1.29 is 0 Å². The lowest BCUT2D eigenvalue weighted by Crippen LogP contribution is -2.11. The summed E-state index contributed by atoms with van der Waals surface area (Å²) in [5.74, 6) is 0.700. The van der Waals surface area contributed by atoms with Crippen molar-refractivity contribution in [1.29, 1.82) is 0 Å². The van der Waals surface area contributed by atoms with E-state index in [9.17, 15) is 0 Å². The molecule has 1 aromatic heterocycles. The van der Waals surface area contributed by atoms with E-state index < -0.39 is 0 Å². The van der Waals surface area contributed by atoms with E-state index in [1.54, 1.807) is 0 Å². The number of nitrogens with one attached hydrogen (secondary N) is 1. The van der Waals surface area contributed by atoms with Crippen molar-refractivity contribution in [2.75, 3.05) is 6.54 Å². The Morgan fingerprint density at radius 1 is 1.32 bits per heavy atom. The number of rotatable bonds is 5. The summed E-state index contributed by atoms with van der Waals surface area (Å²) < 4.78 is 0. The molecule has 1 N–H and O–H groups in total. The second-order valence-corrected chi connectivity index (χ2v) is 6.41. The molecular formula is C15H17ClN2S. The van der Waals surface area contributed by atoms with Gasteiger partial charge in [-0.05, 0) is 31.5 Å². The lowest BCUT2D eigenvalue weighted by Gasteiger charge is -2.00. The van der Waals surface area contributed by atoms with Gasteiger partial charge >= 0.3 is 0 Å². The van der Waals surface area contributed by atoms with Gasteiger partial charge in [-0.1, -0.05) is 30.7 Å². The Kier molecular flexibility index (Phi) is 3.87. The highest BCUT2D eigenvalue weighted by atomic mass is 35.5. The molecule has 4 heteroatoms. The van der Waals surface area contributed by atoms with E-state index in [4.69, 9.17) is 16.6 Å². The van der Waals surface area contributed by atoms with E-state index in [0.29, 0.717) is 5.92 Å². The van der Waals surface area contributed by atoms with Crippen LogP contribution in [0.4, 0.5) is 0 Å². The molecule has 1 aliphatic carbocycles. The Hall–Kier alpha value is -0.900. The molecule has 2 aromatic rings. The van der Waals surface area contributed by atoms with Gasteiger partial charge in [-0.15, -0.1) is 11.3 Å². The first-order valence-electron chi connectivity index (χ1n) is 6.74. The van der Waals surface area contributed by atoms with Crippen molar-refractivity contribution in [2.45, 2.75) is 32.2 Å². The van der Waals surface area contributed by atoms with Crippen LogP contribution in [0.5, 0.6) is 0 Å². The molecule has 1 aromatic carbocycles. The van der Waals surface area contributed by atoms with Crippen LogP contribution in [-0.2, 0) is 6.54 Å². The quantitative estimate of drug-likeness (QED) is 0.880. The number of aromatic nitrogens is 1. The smallest absolute Gasteiger partial charge is 0.123 e. The van der Waals surface area contributed by atoms with Gasteiger partial charge < -0.3 is 5.32 Å². The van der Waals surface area contributed by atoms with Gasteiger partial charge in [0.05, 0.1) is 5.69 Å². The van der Waals surface area contributed by atoms with Gasteiger partial charge in [-0.25, -0.2) is 4.98 Å². The average Bonchev–Trinajstić information content (AvgIpc) is 3.18. The van der Waals surface area contributed by atoms with Gasteiger partial charge in [0.25, 0.3) is 0 Å². The third kappa shape index (κ3) is 2.99. The third-order valence-corrected chi connectivity index (χ3v) is 4.69. The summed E-state index contributed by atoms with van der Waals surface area (Å²) >= 11 is 7.75. The van der Waals surface area contributed by atoms with E-state index in [1.165, 1.54) is 29.0 Å². The molecule has 0 aliphatic heterocycles. The lowest BCUT2D eigenvalue weighted by atomic mass is 10.2. The number of nitrogens with zero attached hydrogens (tertiary/aromatic N) is 1. The number of hydrogen-bond acceptors (Lipinski definition) is 3. The first kappa shape index (κ1) is 13.1. The maximum Gasteiger partial charge on any atom is 0.123 e. The number of thiazole rings is 1. The summed E-state index contributed by atoms with van der Waals surface area (Å²) in [5, 5.41) is 5.30. The third-order valence-electron chi connectivity index (χ3n) is 3.32. The maximum absolute atomic E-state index is 5.94. The van der Waals surface area contributed by atoms with E-state index in [0.717, 1.165) is 23.1 Å². The number of halogens is 1. The van der Waals surface area contributed by atoms with E-state index in [1.807, 2.05) is 23.5 Å². The molecule has 0 spiro atoms. The molecule has 1 saturated carbocycles. The Morgan fingerprint density at radius 2 is 2.05 bits per heavy atom. The molecule has 0 atom stereocenters. The zero-order chi connectivity index (χ0) is 13.2. The maximum atomic E-state index is 5.94. The van der Waals surface area contributed by atoms with Gasteiger partial charge in [-0.2, -0.15) is 0 Å². The first-order valence-corrected chi connectivity index (χ1v) is 7.93. The molecule has 0 radical (unpaired) electrons. The van der Waals surface area contributed by atoms with Crippen molar-refractivity contribution in [2.24, 2.45) is 0 Å². The fraction of sp³-hybridized carbons (Fsp3) is 0.400. The molecule has 0 bridgehead atoms. The van der Waals surface area contributed by atoms with Crippen molar-refractivity contribution >= 4 is 22.9 Å². The summed E-state index contributed by atoms with van der Waals surface area (Å²) in [7, 11) is 0. The van der Waals surface area contributed by atoms with Crippen molar-refractivity contribution in [1.82, 2.24) is 10.3 Å². The van der Waals surface area contributed by atoms with Crippen LogP contribution in [0.3, 0.4) is 0 Å². The van der Waals surface area contributed by atoms with Gasteiger partial charge in [0.1, 0.15) is 5.01 Å². The molecule has 2 nitrogen and oxygen atoms in total. The minimum atomic E-state index is 0.700. The van der Waals surface area contributed by atoms with Gasteiger partial charge in [-0.3, -0.25) is 0 Å². The SMILES string of the molecule is CCNCc1sc(-c2ccc(Cl)cc2)nc1C1CC1. The lowest BCUT2D eigenvalue weighted by molar-refractivity contribution is 0.727. The fourth-order valence-electron chi connectivity index (χ4n) is 2.12. The fourth-order valence-corrected chi connectivity index (χ4v) is 3.37. The highest BCUT2D eigenvalue weighted by Gasteiger charge is 2.29. The van der Waals surface area contributed by atoms with Gasteiger partial charge in [0.15, 0.2) is 0 Å². The second-order valence-electron chi connectivity index (χ2n) is 4.89. The molecule has 100 valence electrons. The van der Waals surface area contributed by atoms with Crippen LogP contribution in [0, 0.1) is 0 Å². The summed E-state index contributed by atoms with van der Waals surface area (Å²) in [6.45, 7) is 4.07. The molecular weight excluding hydrogens is 276 g/mol. The number of benzene rings is 1. The summed E-state index contributed by atoms with van der Waals surface area (Å²) in [4.78, 5) is 6.26. The van der Waals surface area contributed by atoms with E-state index >= 15 is 0 Å². The van der Waals surface area contributed by atoms with E-state index in [2.05, 4.69) is 24.4 Å². The highest BCUT2D eigenvalue weighted by Crippen LogP contribution is 2.44. The second kappa shape index (κ2) is 5.61. The molecule has 1 aliphatic rings. The largest absolute Gasteiger partial charge is 0.312 e. The Morgan fingerprint density at radius 3 is 2.68 bits per heavy atom. The predicted octanol–water partition coefficient (Wildman–Crippen LogP) is 4.45. The van der Waals surface area contributed by atoms with Crippen molar-refractivity contribution in [3.63, 3.8) is 0 Å². The summed E-state index contributed by atoms with van der Waals surface area (Å²) in [5.41, 5.74) is 2.48. The summed E-state index contributed by atoms with van der Waals surface area (Å²) in [6.07, 6.45) is 2.59. The molecule has 0 unspecified atom stereocenters. The molecule has 0 amide bonds. The number of hydrogen-bond donors (Lipinski definition) is 1. The highest BCUT2D eigenvalue weighted by molar-refractivity contribution is 7.15. The van der Waals surface area contributed by atoms with Crippen molar-refractivity contribution in [3.8, 4) is 10.6 Å². The van der Waals surface area contributed by atoms with Crippen LogP contribution in [-0.4, -0.2) is 11.5 Å². The standard InChI is InChI=1S/C15H17ClN2S/c1-2-17-9-13-14(10-3-4-10)18-15(19-13)11-5-7-12(16)8-6-11/h5-8,10,17H,2-4,9H2,1H3. The van der Waals surface area contributed by atoms with Crippen LogP contribution in [0.1, 0.15) is 36.3 Å². The van der Waals surface area contributed by atoms with Gasteiger partial charge in [0.2, 0.25) is 0 Å². The van der Waals surface area contributed by atoms with Crippen molar-refractivity contribution in [3.05, 3.63) is 39.9 Å². The topological polar surface area (TPSA) is 24.9 Å². The van der Waals surface area contributed by atoms with Crippen LogP contribution in [0.2, 0.25) is 5.02 Å². The zero-order valence-corrected chi connectivity index (χ0v) is 12.5. The van der Waals surface area contributed by atoms with E-state index in [-0.39, 0.29) is 0 Å². The first-order chi connectivity index (χ1) is 9.28. The Labute approximate surface area is 122 Å². The molecule has 1 fully saturated rings. The molecule has 0 saturated heterocycles. The van der Waals surface area contributed by atoms with Crippen LogP contribution in [0.15, 0.2) is 24.3 Å². The van der Waals surface area contributed by atoms with Gasteiger partial charge in [0, 0.05) is 27.9 Å². The normalized spacial score (nSPS) is 14.8. The monoisotopic (exact) mass is 292 g/mol. The predicted molar refractivity (Wildman–Crippen MR) is 81.9 cm³/mol. The van der Waals surface area contributed by atoms with Crippen LogP contribution in [0.25, 0.3) is 10.6 Å². The Balaban J connectivity index is 1.91. The van der Waals surface area contributed by atoms with Crippen LogP contribution < -0.4 is 5.32 Å². The Bertz CT molecular complexity index is 558. The minimum absolute atomic E-state index is 0.700. The average molecular weight is 293 g/mol. The minimum Gasteiger partial charge on any atom is -0.312 e.